The van der Waals surface area contributed by atoms with Crippen LogP contribution in [0.1, 0.15) is 15.9 Å². The normalized spacial score (nSPS) is 11.3. The quantitative estimate of drug-likeness (QED) is 0.753. The number of carbonyl (C=O) groups is 2. The number of halogens is 1. The molecule has 0 unspecified atom stereocenters. The Morgan fingerprint density at radius 1 is 1.04 bits per heavy atom. The highest BCUT2D eigenvalue weighted by Gasteiger charge is 2.19. The molecule has 0 fully saturated rings. The van der Waals surface area contributed by atoms with Crippen LogP contribution in [0.15, 0.2) is 53.4 Å². The van der Waals surface area contributed by atoms with Crippen LogP contribution in [0.4, 0.5) is 4.39 Å². The predicted molar refractivity (Wildman–Crippen MR) is 103 cm³/mol. The Hall–Kier alpha value is -2.78. The molecule has 0 saturated heterocycles. The number of likely N-dealkylation sites (N-methyl/N-ethyl adjacent to an activating group) is 1. The highest BCUT2D eigenvalue weighted by atomic mass is 32.2. The predicted octanol–water partition coefficient (Wildman–Crippen LogP) is 1.46. The molecular weight excluding hydrogens is 385 g/mol. The maximum Gasteiger partial charge on any atom is 0.251 e. The van der Waals surface area contributed by atoms with E-state index in [1.165, 1.54) is 56.4 Å². The van der Waals surface area contributed by atoms with Gasteiger partial charge < -0.3 is 10.2 Å². The fourth-order valence-corrected chi connectivity index (χ4v) is 3.32. The number of hydrogen-bond acceptors (Lipinski definition) is 4. The molecule has 0 aliphatic heterocycles. The van der Waals surface area contributed by atoms with Gasteiger partial charge in [-0.15, -0.1) is 0 Å². The first-order valence-corrected chi connectivity index (χ1v) is 9.85. The van der Waals surface area contributed by atoms with Crippen molar-refractivity contribution in [2.75, 3.05) is 27.7 Å². The highest BCUT2D eigenvalue weighted by molar-refractivity contribution is 7.89. The van der Waals surface area contributed by atoms with Crippen LogP contribution in [0.3, 0.4) is 0 Å². The number of nitrogens with one attached hydrogen (secondary N) is 1. The van der Waals surface area contributed by atoms with Crippen molar-refractivity contribution in [1.82, 2.24) is 14.5 Å². The van der Waals surface area contributed by atoms with E-state index in [1.807, 2.05) is 0 Å². The molecule has 150 valence electrons. The number of nitrogens with zero attached hydrogens (tertiary/aromatic N) is 2. The maximum atomic E-state index is 13.7. The van der Waals surface area contributed by atoms with E-state index in [-0.39, 0.29) is 23.5 Å². The third-order valence-corrected chi connectivity index (χ3v) is 5.88. The largest absolute Gasteiger partial charge is 0.343 e. The molecule has 2 rings (SSSR count). The zero-order valence-corrected chi connectivity index (χ0v) is 16.7. The van der Waals surface area contributed by atoms with E-state index in [4.69, 9.17) is 0 Å². The second-order valence-electron chi connectivity index (χ2n) is 6.34. The molecule has 0 spiro atoms. The molecule has 0 aliphatic carbocycles. The number of benzene rings is 2. The van der Waals surface area contributed by atoms with Crippen LogP contribution in [0.25, 0.3) is 0 Å². The summed E-state index contributed by atoms with van der Waals surface area (Å²) in [6, 6.07) is 11.7. The van der Waals surface area contributed by atoms with Gasteiger partial charge in [0.1, 0.15) is 5.82 Å². The van der Waals surface area contributed by atoms with Gasteiger partial charge in [-0.3, -0.25) is 9.59 Å². The van der Waals surface area contributed by atoms with E-state index in [1.54, 1.807) is 18.2 Å². The SMILES string of the molecule is CN(Cc1ccccc1F)C(=O)CNC(=O)c1cccc(S(=O)(=O)N(C)C)c1. The lowest BCUT2D eigenvalue weighted by Gasteiger charge is -2.18. The summed E-state index contributed by atoms with van der Waals surface area (Å²) >= 11 is 0. The second-order valence-corrected chi connectivity index (χ2v) is 8.49. The number of amides is 2. The van der Waals surface area contributed by atoms with Crippen molar-refractivity contribution in [3.63, 3.8) is 0 Å². The molecule has 0 aromatic heterocycles. The Bertz CT molecular complexity index is 977. The molecule has 7 nitrogen and oxygen atoms in total. The van der Waals surface area contributed by atoms with Crippen LogP contribution in [0.2, 0.25) is 0 Å². The van der Waals surface area contributed by atoms with Crippen molar-refractivity contribution >= 4 is 21.8 Å². The first-order valence-electron chi connectivity index (χ1n) is 8.41. The summed E-state index contributed by atoms with van der Waals surface area (Å²) in [6.07, 6.45) is 0. The lowest BCUT2D eigenvalue weighted by Crippen LogP contribution is -2.38. The number of rotatable bonds is 7. The third kappa shape index (κ3) is 5.14. The molecule has 0 bridgehead atoms. The third-order valence-electron chi connectivity index (χ3n) is 4.07. The minimum Gasteiger partial charge on any atom is -0.343 e. The van der Waals surface area contributed by atoms with Crippen molar-refractivity contribution in [1.29, 1.82) is 0 Å². The van der Waals surface area contributed by atoms with Crippen LogP contribution < -0.4 is 5.32 Å². The van der Waals surface area contributed by atoms with E-state index >= 15 is 0 Å². The summed E-state index contributed by atoms with van der Waals surface area (Å²) in [7, 11) is 0.621. The van der Waals surface area contributed by atoms with E-state index in [9.17, 15) is 22.4 Å². The van der Waals surface area contributed by atoms with Crippen molar-refractivity contribution in [2.45, 2.75) is 11.4 Å². The number of hydrogen-bond donors (Lipinski definition) is 1. The Kier molecular flexibility index (Phi) is 6.87. The smallest absolute Gasteiger partial charge is 0.251 e. The summed E-state index contributed by atoms with van der Waals surface area (Å²) in [5, 5.41) is 2.46. The Morgan fingerprint density at radius 2 is 1.71 bits per heavy atom. The summed E-state index contributed by atoms with van der Waals surface area (Å²) < 4.78 is 39.1. The Balaban J connectivity index is 2.00. The van der Waals surface area contributed by atoms with Gasteiger partial charge in [0.15, 0.2) is 0 Å². The van der Waals surface area contributed by atoms with Gasteiger partial charge in [0, 0.05) is 38.8 Å². The fourth-order valence-electron chi connectivity index (χ4n) is 2.37. The maximum absolute atomic E-state index is 13.7. The zero-order chi connectivity index (χ0) is 20.9. The van der Waals surface area contributed by atoms with Crippen LogP contribution >= 0.6 is 0 Å². The Morgan fingerprint density at radius 3 is 2.36 bits per heavy atom. The molecule has 0 heterocycles. The first-order chi connectivity index (χ1) is 13.1. The molecule has 0 atom stereocenters. The Labute approximate surface area is 163 Å². The molecule has 2 amide bonds. The van der Waals surface area contributed by atoms with Crippen molar-refractivity contribution in [3.8, 4) is 0 Å². The molecule has 28 heavy (non-hydrogen) atoms. The molecular formula is C19H22FN3O4S. The van der Waals surface area contributed by atoms with Crippen LogP contribution in [0.5, 0.6) is 0 Å². The average Bonchev–Trinajstić information content (AvgIpc) is 2.67. The molecule has 0 saturated carbocycles. The van der Waals surface area contributed by atoms with Crippen LogP contribution in [-0.4, -0.2) is 57.1 Å². The topological polar surface area (TPSA) is 86.8 Å². The second kappa shape index (κ2) is 8.94. The van der Waals surface area contributed by atoms with Crippen LogP contribution in [-0.2, 0) is 21.4 Å². The van der Waals surface area contributed by atoms with Gasteiger partial charge in [0.2, 0.25) is 15.9 Å². The molecule has 9 heteroatoms. The fraction of sp³-hybridized carbons (Fsp3) is 0.263. The van der Waals surface area contributed by atoms with Gasteiger partial charge in [0.25, 0.3) is 5.91 Å². The van der Waals surface area contributed by atoms with Crippen molar-refractivity contribution in [2.24, 2.45) is 0 Å². The monoisotopic (exact) mass is 407 g/mol. The summed E-state index contributed by atoms with van der Waals surface area (Å²) in [6.45, 7) is -0.230. The standard InChI is InChI=1S/C19H22FN3O4S/c1-22(2)28(26,27)16-9-6-8-14(11-16)19(25)21-12-18(24)23(3)13-15-7-4-5-10-17(15)20/h4-11H,12-13H2,1-3H3,(H,21,25). The molecule has 1 N–H and O–H groups in total. The van der Waals surface area contributed by atoms with E-state index in [0.29, 0.717) is 5.56 Å². The van der Waals surface area contributed by atoms with Gasteiger partial charge in [-0.1, -0.05) is 24.3 Å². The van der Waals surface area contributed by atoms with Crippen LogP contribution in [0, 0.1) is 5.82 Å². The molecule has 0 radical (unpaired) electrons. The summed E-state index contributed by atoms with van der Waals surface area (Å²) in [5.41, 5.74) is 0.485. The van der Waals surface area contributed by atoms with E-state index in [2.05, 4.69) is 5.32 Å². The van der Waals surface area contributed by atoms with E-state index < -0.39 is 27.7 Å². The van der Waals surface area contributed by atoms with Gasteiger partial charge in [0.05, 0.1) is 11.4 Å². The minimum atomic E-state index is -3.67. The lowest BCUT2D eigenvalue weighted by atomic mass is 10.2. The molecule has 0 aliphatic rings. The van der Waals surface area contributed by atoms with Gasteiger partial charge in [-0.05, 0) is 24.3 Å². The van der Waals surface area contributed by atoms with Crippen molar-refractivity contribution in [3.05, 3.63) is 65.5 Å². The minimum absolute atomic E-state index is 0.0202. The summed E-state index contributed by atoms with van der Waals surface area (Å²) in [4.78, 5) is 25.8. The lowest BCUT2D eigenvalue weighted by molar-refractivity contribution is -0.129. The van der Waals surface area contributed by atoms with Crippen molar-refractivity contribution < 1.29 is 22.4 Å². The van der Waals surface area contributed by atoms with Gasteiger partial charge in [-0.2, -0.15) is 0 Å². The number of sulfonamides is 1. The zero-order valence-electron chi connectivity index (χ0n) is 15.8. The van der Waals surface area contributed by atoms with E-state index in [0.717, 1.165) is 4.31 Å². The van der Waals surface area contributed by atoms with Gasteiger partial charge >= 0.3 is 0 Å². The van der Waals surface area contributed by atoms with Gasteiger partial charge in [-0.25, -0.2) is 17.1 Å². The summed E-state index contributed by atoms with van der Waals surface area (Å²) in [5.74, 6) is -1.40. The number of carbonyl (C=O) groups excluding carboxylic acids is 2. The molecule has 2 aromatic carbocycles. The highest BCUT2D eigenvalue weighted by Crippen LogP contribution is 2.15. The molecule has 2 aromatic rings. The first kappa shape index (κ1) is 21.5. The average molecular weight is 407 g/mol.